The minimum Gasteiger partial charge on any atom is -0.459 e. The van der Waals surface area contributed by atoms with E-state index in [1.165, 1.54) is 11.3 Å². The van der Waals surface area contributed by atoms with E-state index in [4.69, 9.17) is 4.42 Å². The number of aryl methyl sites for hydroxylation is 1. The van der Waals surface area contributed by atoms with E-state index in [0.29, 0.717) is 10.6 Å². The van der Waals surface area contributed by atoms with Crippen molar-refractivity contribution < 1.29 is 9.21 Å². The van der Waals surface area contributed by atoms with Gasteiger partial charge in [0.05, 0.1) is 11.2 Å². The maximum Gasteiger partial charge on any atom is 0.264 e. The molecule has 0 fully saturated rings. The summed E-state index contributed by atoms with van der Waals surface area (Å²) in [5.41, 5.74) is 4.20. The number of furan rings is 1. The molecular formula is C20H16N2O2S. The minimum absolute atomic E-state index is 0.144. The van der Waals surface area contributed by atoms with Gasteiger partial charge in [0.25, 0.3) is 5.91 Å². The first-order valence-corrected chi connectivity index (χ1v) is 8.85. The third kappa shape index (κ3) is 3.06. The smallest absolute Gasteiger partial charge is 0.264 e. The molecule has 5 heteroatoms. The zero-order valence-electron chi connectivity index (χ0n) is 13.6. The highest BCUT2D eigenvalue weighted by Gasteiger charge is 2.23. The van der Waals surface area contributed by atoms with Gasteiger partial charge in [-0.05, 0) is 24.6 Å². The molecule has 1 N–H and O–H groups in total. The quantitative estimate of drug-likeness (QED) is 0.581. The van der Waals surface area contributed by atoms with Gasteiger partial charge in [-0.15, -0.1) is 11.3 Å². The molecule has 2 aromatic heterocycles. The summed E-state index contributed by atoms with van der Waals surface area (Å²) < 4.78 is 6.01. The van der Waals surface area contributed by atoms with E-state index in [1.54, 1.807) is 5.51 Å². The molecule has 2 heterocycles. The number of thiazole rings is 1. The largest absolute Gasteiger partial charge is 0.459 e. The molecule has 1 amide bonds. The lowest BCUT2D eigenvalue weighted by atomic mass is 10.0. The topological polar surface area (TPSA) is 55.1 Å². The van der Waals surface area contributed by atoms with E-state index in [0.717, 1.165) is 22.2 Å². The molecule has 4 rings (SSSR count). The SMILES string of the molecule is Cc1ncsc1C(=O)NC(c1ccccc1)c1cc2ccccc2o1. The standard InChI is InChI=1S/C20H16N2O2S/c1-13-19(25-12-21-13)20(23)22-18(14-7-3-2-4-8-14)17-11-15-9-5-6-10-16(15)24-17/h2-12,18H,1H3,(H,22,23). The van der Waals surface area contributed by atoms with Crippen LogP contribution in [0.15, 0.2) is 70.6 Å². The fraction of sp³-hybridized carbons (Fsp3) is 0.100. The van der Waals surface area contributed by atoms with E-state index < -0.39 is 0 Å². The molecular weight excluding hydrogens is 332 g/mol. The van der Waals surface area contributed by atoms with Crippen LogP contribution in [0.1, 0.15) is 32.7 Å². The monoisotopic (exact) mass is 348 g/mol. The highest BCUT2D eigenvalue weighted by molar-refractivity contribution is 7.11. The predicted molar refractivity (Wildman–Crippen MR) is 98.8 cm³/mol. The summed E-state index contributed by atoms with van der Waals surface area (Å²) in [4.78, 5) is 17.5. The lowest BCUT2D eigenvalue weighted by Crippen LogP contribution is -2.29. The molecule has 124 valence electrons. The third-order valence-electron chi connectivity index (χ3n) is 4.09. The van der Waals surface area contributed by atoms with Gasteiger partial charge in [0.15, 0.2) is 0 Å². The Morgan fingerprint density at radius 1 is 1.12 bits per heavy atom. The predicted octanol–water partition coefficient (Wildman–Crippen LogP) is 4.72. The van der Waals surface area contributed by atoms with Crippen LogP contribution in [-0.2, 0) is 0 Å². The molecule has 0 radical (unpaired) electrons. The van der Waals surface area contributed by atoms with Crippen molar-refractivity contribution in [3.8, 4) is 0 Å². The molecule has 0 saturated carbocycles. The summed E-state index contributed by atoms with van der Waals surface area (Å²) in [6.45, 7) is 1.84. The molecule has 25 heavy (non-hydrogen) atoms. The van der Waals surface area contributed by atoms with Crippen LogP contribution >= 0.6 is 11.3 Å². The average Bonchev–Trinajstić information content (AvgIpc) is 3.26. The number of fused-ring (bicyclic) bond motifs is 1. The molecule has 0 saturated heterocycles. The molecule has 0 aliphatic carbocycles. The van der Waals surface area contributed by atoms with Crippen molar-refractivity contribution in [2.24, 2.45) is 0 Å². The van der Waals surface area contributed by atoms with E-state index >= 15 is 0 Å². The fourth-order valence-corrected chi connectivity index (χ4v) is 3.53. The summed E-state index contributed by atoms with van der Waals surface area (Å²) >= 11 is 1.34. The first kappa shape index (κ1) is 15.6. The average molecular weight is 348 g/mol. The van der Waals surface area contributed by atoms with E-state index in [1.807, 2.05) is 67.6 Å². The van der Waals surface area contributed by atoms with Crippen LogP contribution < -0.4 is 5.32 Å². The molecule has 4 nitrogen and oxygen atoms in total. The number of hydrogen-bond donors (Lipinski definition) is 1. The number of amides is 1. The molecule has 0 bridgehead atoms. The number of hydrogen-bond acceptors (Lipinski definition) is 4. The summed E-state index contributed by atoms with van der Waals surface area (Å²) in [6.07, 6.45) is 0. The number of carbonyl (C=O) groups excluding carboxylic acids is 1. The number of benzene rings is 2. The molecule has 4 aromatic rings. The minimum atomic E-state index is -0.359. The van der Waals surface area contributed by atoms with E-state index in [-0.39, 0.29) is 11.9 Å². The van der Waals surface area contributed by atoms with Crippen molar-refractivity contribution in [3.05, 3.63) is 88.1 Å². The van der Waals surface area contributed by atoms with Gasteiger partial charge in [0, 0.05) is 5.39 Å². The molecule has 0 spiro atoms. The number of rotatable bonds is 4. The number of carbonyl (C=O) groups is 1. The fourth-order valence-electron chi connectivity index (χ4n) is 2.83. The third-order valence-corrected chi connectivity index (χ3v) is 5.02. The van der Waals surface area contributed by atoms with Crippen LogP contribution in [0.5, 0.6) is 0 Å². The van der Waals surface area contributed by atoms with Crippen molar-refractivity contribution in [1.82, 2.24) is 10.3 Å². The number of nitrogens with zero attached hydrogens (tertiary/aromatic N) is 1. The van der Waals surface area contributed by atoms with Crippen LogP contribution in [0.3, 0.4) is 0 Å². The second-order valence-electron chi connectivity index (χ2n) is 5.77. The van der Waals surface area contributed by atoms with Crippen LogP contribution in [0, 0.1) is 6.92 Å². The van der Waals surface area contributed by atoms with Gasteiger partial charge in [-0.1, -0.05) is 48.5 Å². The molecule has 2 aromatic carbocycles. The Labute approximate surface area is 149 Å². The number of nitrogens with one attached hydrogen (secondary N) is 1. The Morgan fingerprint density at radius 3 is 2.60 bits per heavy atom. The van der Waals surface area contributed by atoms with Crippen molar-refractivity contribution in [3.63, 3.8) is 0 Å². The highest BCUT2D eigenvalue weighted by atomic mass is 32.1. The Hall–Kier alpha value is -2.92. The molecule has 1 atom stereocenters. The van der Waals surface area contributed by atoms with Crippen LogP contribution in [-0.4, -0.2) is 10.9 Å². The Bertz CT molecular complexity index is 987. The van der Waals surface area contributed by atoms with Crippen molar-refractivity contribution in [2.75, 3.05) is 0 Å². The second-order valence-corrected chi connectivity index (χ2v) is 6.63. The van der Waals surface area contributed by atoms with Crippen LogP contribution in [0.4, 0.5) is 0 Å². The normalized spacial score (nSPS) is 12.2. The lowest BCUT2D eigenvalue weighted by molar-refractivity contribution is 0.0942. The van der Waals surface area contributed by atoms with Gasteiger partial charge in [-0.25, -0.2) is 4.98 Å². The first-order chi connectivity index (χ1) is 12.2. The van der Waals surface area contributed by atoms with Gasteiger partial charge in [0.2, 0.25) is 0 Å². The van der Waals surface area contributed by atoms with Gasteiger partial charge < -0.3 is 9.73 Å². The highest BCUT2D eigenvalue weighted by Crippen LogP contribution is 2.29. The number of para-hydroxylation sites is 1. The Balaban J connectivity index is 1.74. The first-order valence-electron chi connectivity index (χ1n) is 7.97. The summed E-state index contributed by atoms with van der Waals surface area (Å²) in [6, 6.07) is 19.3. The second kappa shape index (κ2) is 6.53. The molecule has 1 unspecified atom stereocenters. The summed E-state index contributed by atoms with van der Waals surface area (Å²) in [5.74, 6) is 0.567. The molecule has 0 aliphatic rings. The zero-order chi connectivity index (χ0) is 17.2. The maximum absolute atomic E-state index is 12.7. The van der Waals surface area contributed by atoms with E-state index in [2.05, 4.69) is 10.3 Å². The van der Waals surface area contributed by atoms with Gasteiger partial charge in [-0.3, -0.25) is 4.79 Å². The van der Waals surface area contributed by atoms with Crippen molar-refractivity contribution >= 4 is 28.2 Å². The summed E-state index contributed by atoms with van der Waals surface area (Å²) in [7, 11) is 0. The van der Waals surface area contributed by atoms with Crippen molar-refractivity contribution in [2.45, 2.75) is 13.0 Å². The number of aromatic nitrogens is 1. The Kier molecular flexibility index (Phi) is 4.07. The van der Waals surface area contributed by atoms with Crippen LogP contribution in [0.25, 0.3) is 11.0 Å². The molecule has 0 aliphatic heterocycles. The maximum atomic E-state index is 12.7. The Morgan fingerprint density at radius 2 is 1.88 bits per heavy atom. The zero-order valence-corrected chi connectivity index (χ0v) is 14.4. The summed E-state index contributed by atoms with van der Waals surface area (Å²) in [5, 5.41) is 4.11. The van der Waals surface area contributed by atoms with Gasteiger partial charge in [-0.2, -0.15) is 0 Å². The lowest BCUT2D eigenvalue weighted by Gasteiger charge is -2.17. The van der Waals surface area contributed by atoms with Gasteiger partial charge in [0.1, 0.15) is 22.3 Å². The van der Waals surface area contributed by atoms with Gasteiger partial charge >= 0.3 is 0 Å². The van der Waals surface area contributed by atoms with Crippen molar-refractivity contribution in [1.29, 1.82) is 0 Å². The van der Waals surface area contributed by atoms with Crippen LogP contribution in [0.2, 0.25) is 0 Å². The van der Waals surface area contributed by atoms with E-state index in [9.17, 15) is 4.79 Å².